The lowest BCUT2D eigenvalue weighted by atomic mass is 10.4. The Hall–Kier alpha value is -0.980. The topological polar surface area (TPSA) is 70.6 Å². The molecule has 4 nitrogen and oxygen atoms in total. The van der Waals surface area contributed by atoms with E-state index in [1.54, 1.807) is 0 Å². The smallest absolute Gasteiger partial charge is 0.390 e. The normalized spacial score (nSPS) is 13.4. The van der Waals surface area contributed by atoms with E-state index in [2.05, 4.69) is 10.5 Å². The van der Waals surface area contributed by atoms with E-state index in [0.717, 1.165) is 0 Å². The summed E-state index contributed by atoms with van der Waals surface area (Å²) in [4.78, 5) is 0. The van der Waals surface area contributed by atoms with Gasteiger partial charge >= 0.3 is 6.18 Å². The van der Waals surface area contributed by atoms with Gasteiger partial charge in [0, 0.05) is 6.54 Å². The van der Waals surface area contributed by atoms with Crippen LogP contribution in [0.4, 0.5) is 13.2 Å². The lowest BCUT2D eigenvalue weighted by Gasteiger charge is -2.06. The number of oxime groups is 1. The molecule has 0 atom stereocenters. The monoisotopic (exact) mass is 185 g/mol. The van der Waals surface area contributed by atoms with Crippen LogP contribution < -0.4 is 11.1 Å². The Balaban J connectivity index is 3.34. The Kier molecular flexibility index (Phi) is 4.42. The number of nitrogens with zero attached hydrogens (tertiary/aromatic N) is 1. The molecule has 0 radical (unpaired) electrons. The predicted molar refractivity (Wildman–Crippen MR) is 37.0 cm³/mol. The lowest BCUT2D eigenvalue weighted by molar-refractivity contribution is -0.133. The van der Waals surface area contributed by atoms with E-state index in [4.69, 9.17) is 10.9 Å². The van der Waals surface area contributed by atoms with Crippen LogP contribution in [0.5, 0.6) is 0 Å². The highest BCUT2D eigenvalue weighted by Crippen LogP contribution is 2.17. The van der Waals surface area contributed by atoms with Crippen molar-refractivity contribution in [3.8, 4) is 0 Å². The number of halogens is 3. The molecular weight excluding hydrogens is 175 g/mol. The number of nitrogens with one attached hydrogen (secondary N) is 1. The number of rotatable bonds is 4. The average Bonchev–Trinajstić information content (AvgIpc) is 1.96. The molecule has 0 aromatic heterocycles. The first-order valence-corrected chi connectivity index (χ1v) is 3.19. The third-order valence-corrected chi connectivity index (χ3v) is 1.02. The molecule has 0 spiro atoms. The fraction of sp³-hybridized carbons (Fsp3) is 0.800. The molecule has 0 aliphatic carbocycles. The number of hydrogen-bond donors (Lipinski definition) is 3. The third-order valence-electron chi connectivity index (χ3n) is 1.02. The van der Waals surface area contributed by atoms with E-state index in [9.17, 15) is 13.2 Å². The van der Waals surface area contributed by atoms with Crippen molar-refractivity contribution in [3.63, 3.8) is 0 Å². The third kappa shape index (κ3) is 7.13. The summed E-state index contributed by atoms with van der Waals surface area (Å²) >= 11 is 0. The fourth-order valence-corrected chi connectivity index (χ4v) is 0.482. The molecule has 0 aliphatic heterocycles. The maximum absolute atomic E-state index is 11.5. The fourth-order valence-electron chi connectivity index (χ4n) is 0.482. The standard InChI is InChI=1S/C5H10F3N3O/c6-5(7,8)1-2-10-3-4(9)11-12/h10,12H,1-3H2,(H2,9,11). The first-order valence-electron chi connectivity index (χ1n) is 3.19. The average molecular weight is 185 g/mol. The van der Waals surface area contributed by atoms with E-state index < -0.39 is 12.6 Å². The number of nitrogens with two attached hydrogens (primary N) is 1. The quantitative estimate of drug-likeness (QED) is 0.193. The van der Waals surface area contributed by atoms with Crippen molar-refractivity contribution in [2.45, 2.75) is 12.6 Å². The van der Waals surface area contributed by atoms with Crippen LogP contribution in [0.1, 0.15) is 6.42 Å². The second kappa shape index (κ2) is 4.81. The largest absolute Gasteiger partial charge is 0.409 e. The SMILES string of the molecule is NC(CNCCC(F)(F)F)=NO. The Labute approximate surface area is 67.2 Å². The lowest BCUT2D eigenvalue weighted by Crippen LogP contribution is -2.31. The molecule has 4 N–H and O–H groups in total. The van der Waals surface area contributed by atoms with Crippen molar-refractivity contribution in [1.29, 1.82) is 0 Å². The molecule has 0 bridgehead atoms. The van der Waals surface area contributed by atoms with Gasteiger partial charge in [-0.2, -0.15) is 13.2 Å². The molecule has 0 amide bonds. The summed E-state index contributed by atoms with van der Waals surface area (Å²) in [5, 5.41) is 12.9. The van der Waals surface area contributed by atoms with Gasteiger partial charge in [-0.25, -0.2) is 0 Å². The predicted octanol–water partition coefficient (Wildman–Crippen LogP) is 0.275. The molecule has 0 heterocycles. The van der Waals surface area contributed by atoms with Crippen LogP contribution in [0.25, 0.3) is 0 Å². The summed E-state index contributed by atoms with van der Waals surface area (Å²) in [5.74, 6) is -0.142. The highest BCUT2D eigenvalue weighted by Gasteiger charge is 2.25. The van der Waals surface area contributed by atoms with Gasteiger partial charge in [-0.05, 0) is 0 Å². The minimum Gasteiger partial charge on any atom is -0.409 e. The molecule has 7 heteroatoms. The molecule has 0 aromatic rings. The number of hydrogen-bond acceptors (Lipinski definition) is 3. The maximum atomic E-state index is 11.5. The zero-order valence-electron chi connectivity index (χ0n) is 6.23. The second-order valence-electron chi connectivity index (χ2n) is 2.13. The maximum Gasteiger partial charge on any atom is 0.390 e. The highest BCUT2D eigenvalue weighted by atomic mass is 19.4. The van der Waals surface area contributed by atoms with Crippen LogP contribution in [0, 0.1) is 0 Å². The highest BCUT2D eigenvalue weighted by molar-refractivity contribution is 5.81. The van der Waals surface area contributed by atoms with E-state index in [1.807, 2.05) is 0 Å². The van der Waals surface area contributed by atoms with Crippen LogP contribution in [0.2, 0.25) is 0 Å². The molecule has 0 aromatic carbocycles. The van der Waals surface area contributed by atoms with E-state index in [-0.39, 0.29) is 18.9 Å². The molecule has 72 valence electrons. The minimum absolute atomic E-state index is 0.0490. The van der Waals surface area contributed by atoms with Gasteiger partial charge in [0.2, 0.25) is 0 Å². The van der Waals surface area contributed by atoms with Gasteiger partial charge in [0.05, 0.1) is 13.0 Å². The van der Waals surface area contributed by atoms with Crippen LogP contribution >= 0.6 is 0 Å². The first kappa shape index (κ1) is 11.0. The van der Waals surface area contributed by atoms with Gasteiger partial charge in [0.15, 0.2) is 5.84 Å². The zero-order chi connectivity index (χ0) is 9.61. The number of alkyl halides is 3. The summed E-state index contributed by atoms with van der Waals surface area (Å²) in [6, 6.07) is 0. The van der Waals surface area contributed by atoms with Gasteiger partial charge in [0.1, 0.15) is 0 Å². The van der Waals surface area contributed by atoms with Gasteiger partial charge in [-0.1, -0.05) is 5.16 Å². The Morgan fingerprint density at radius 1 is 1.50 bits per heavy atom. The molecule has 0 fully saturated rings. The summed E-state index contributed by atoms with van der Waals surface area (Å²) in [6.45, 7) is -0.285. The molecule has 0 saturated carbocycles. The van der Waals surface area contributed by atoms with Crippen molar-refractivity contribution in [2.24, 2.45) is 10.9 Å². The summed E-state index contributed by atoms with van der Waals surface area (Å²) in [7, 11) is 0. The zero-order valence-corrected chi connectivity index (χ0v) is 6.23. The molecule has 0 aliphatic rings. The van der Waals surface area contributed by atoms with Crippen molar-refractivity contribution in [2.75, 3.05) is 13.1 Å². The molecule has 0 unspecified atom stereocenters. The molecular formula is C5H10F3N3O. The number of amidine groups is 1. The Bertz CT molecular complexity index is 157. The van der Waals surface area contributed by atoms with E-state index in [0.29, 0.717) is 0 Å². The van der Waals surface area contributed by atoms with Crippen molar-refractivity contribution < 1.29 is 18.4 Å². The van der Waals surface area contributed by atoms with Crippen LogP contribution in [0.15, 0.2) is 5.16 Å². The molecule has 0 rings (SSSR count). The Morgan fingerprint density at radius 2 is 2.08 bits per heavy atom. The Morgan fingerprint density at radius 3 is 2.50 bits per heavy atom. The van der Waals surface area contributed by atoms with Crippen molar-refractivity contribution in [1.82, 2.24) is 5.32 Å². The van der Waals surface area contributed by atoms with E-state index >= 15 is 0 Å². The first-order chi connectivity index (χ1) is 5.45. The van der Waals surface area contributed by atoms with Crippen LogP contribution in [-0.4, -0.2) is 30.3 Å². The summed E-state index contributed by atoms with van der Waals surface area (Å²) < 4.78 is 34.5. The van der Waals surface area contributed by atoms with Gasteiger partial charge in [-0.3, -0.25) is 0 Å². The molecule has 12 heavy (non-hydrogen) atoms. The van der Waals surface area contributed by atoms with Crippen molar-refractivity contribution >= 4 is 5.84 Å². The van der Waals surface area contributed by atoms with E-state index in [1.165, 1.54) is 0 Å². The van der Waals surface area contributed by atoms with Gasteiger partial charge in [-0.15, -0.1) is 0 Å². The summed E-state index contributed by atoms with van der Waals surface area (Å²) in [5.41, 5.74) is 4.98. The molecule has 0 saturated heterocycles. The summed E-state index contributed by atoms with van der Waals surface area (Å²) in [6.07, 6.45) is -5.09. The second-order valence-corrected chi connectivity index (χ2v) is 2.13. The van der Waals surface area contributed by atoms with Gasteiger partial charge < -0.3 is 16.3 Å². The van der Waals surface area contributed by atoms with Crippen LogP contribution in [-0.2, 0) is 0 Å². The van der Waals surface area contributed by atoms with Crippen molar-refractivity contribution in [3.05, 3.63) is 0 Å². The van der Waals surface area contributed by atoms with Gasteiger partial charge in [0.25, 0.3) is 0 Å². The minimum atomic E-state index is -4.17. The van der Waals surface area contributed by atoms with Crippen LogP contribution in [0.3, 0.4) is 0 Å².